The minimum absolute atomic E-state index is 0.0681. The van der Waals surface area contributed by atoms with Crippen molar-refractivity contribution in [2.75, 3.05) is 42.9 Å². The number of likely N-dealkylation sites (tertiary alicyclic amines) is 1. The zero-order chi connectivity index (χ0) is 22.3. The first kappa shape index (κ1) is 22.9. The number of anilines is 2. The summed E-state index contributed by atoms with van der Waals surface area (Å²) in [6.45, 7) is 4.70. The van der Waals surface area contributed by atoms with Gasteiger partial charge in [0.1, 0.15) is 4.88 Å². The lowest BCUT2D eigenvalue weighted by atomic mass is 10.1. The first-order valence-corrected chi connectivity index (χ1v) is 12.2. The number of nitrogens with one attached hydrogen (secondary N) is 2. The Hall–Kier alpha value is -2.26. The molecular weight excluding hydrogens is 446 g/mol. The van der Waals surface area contributed by atoms with E-state index in [-0.39, 0.29) is 17.9 Å². The van der Waals surface area contributed by atoms with Crippen LogP contribution < -0.4 is 15.5 Å². The SMILES string of the molecule is O=C(Nc1ccc(Cl)cc1)c1cnc(N(C(=O)/C=C/CN2CCCC2)C2CCNCC2)s1. The molecule has 0 aliphatic carbocycles. The summed E-state index contributed by atoms with van der Waals surface area (Å²) < 4.78 is 0. The predicted molar refractivity (Wildman–Crippen MR) is 130 cm³/mol. The Bertz CT molecular complexity index is 950. The van der Waals surface area contributed by atoms with Crippen molar-refractivity contribution in [3.63, 3.8) is 0 Å². The van der Waals surface area contributed by atoms with Gasteiger partial charge >= 0.3 is 0 Å². The molecule has 170 valence electrons. The van der Waals surface area contributed by atoms with E-state index < -0.39 is 0 Å². The van der Waals surface area contributed by atoms with Gasteiger partial charge in [-0.1, -0.05) is 29.0 Å². The number of amides is 2. The largest absolute Gasteiger partial charge is 0.321 e. The number of carbonyl (C=O) groups excluding carboxylic acids is 2. The average Bonchev–Trinajstić information content (AvgIpc) is 3.49. The molecule has 2 aromatic rings. The topological polar surface area (TPSA) is 77.6 Å². The molecule has 0 radical (unpaired) electrons. The van der Waals surface area contributed by atoms with E-state index in [0.29, 0.717) is 20.7 Å². The third kappa shape index (κ3) is 5.95. The quantitative estimate of drug-likeness (QED) is 0.598. The lowest BCUT2D eigenvalue weighted by Gasteiger charge is -2.32. The molecule has 2 amide bonds. The second-order valence-electron chi connectivity index (χ2n) is 8.07. The van der Waals surface area contributed by atoms with E-state index in [1.165, 1.54) is 24.2 Å². The summed E-state index contributed by atoms with van der Waals surface area (Å²) in [4.78, 5) is 34.9. The maximum atomic E-state index is 13.2. The Morgan fingerprint density at radius 3 is 2.66 bits per heavy atom. The summed E-state index contributed by atoms with van der Waals surface area (Å²) in [5, 5.41) is 7.37. The van der Waals surface area contributed by atoms with Crippen LogP contribution in [0.1, 0.15) is 35.4 Å². The van der Waals surface area contributed by atoms with Crippen molar-refractivity contribution in [1.29, 1.82) is 0 Å². The number of piperidine rings is 1. The van der Waals surface area contributed by atoms with Crippen molar-refractivity contribution in [2.24, 2.45) is 0 Å². The van der Waals surface area contributed by atoms with E-state index in [1.807, 2.05) is 6.08 Å². The Balaban J connectivity index is 1.47. The fourth-order valence-corrected chi connectivity index (χ4v) is 5.07. The van der Waals surface area contributed by atoms with Crippen molar-refractivity contribution in [3.05, 3.63) is 52.5 Å². The molecule has 4 rings (SSSR count). The number of aromatic nitrogens is 1. The Morgan fingerprint density at radius 1 is 1.22 bits per heavy atom. The molecule has 0 unspecified atom stereocenters. The molecule has 1 aromatic carbocycles. The molecule has 32 heavy (non-hydrogen) atoms. The highest BCUT2D eigenvalue weighted by molar-refractivity contribution is 7.17. The number of halogens is 1. The number of hydrogen-bond acceptors (Lipinski definition) is 6. The molecule has 3 heterocycles. The van der Waals surface area contributed by atoms with Gasteiger partial charge in [-0.15, -0.1) is 0 Å². The first-order chi connectivity index (χ1) is 15.6. The van der Waals surface area contributed by atoms with E-state index in [4.69, 9.17) is 11.6 Å². The van der Waals surface area contributed by atoms with Crippen molar-refractivity contribution in [2.45, 2.75) is 31.7 Å². The van der Waals surface area contributed by atoms with Gasteiger partial charge in [-0.25, -0.2) is 4.98 Å². The summed E-state index contributed by atoms with van der Waals surface area (Å²) in [6, 6.07) is 7.01. The van der Waals surface area contributed by atoms with Crippen molar-refractivity contribution in [3.8, 4) is 0 Å². The van der Waals surface area contributed by atoms with Gasteiger partial charge < -0.3 is 10.6 Å². The highest BCUT2D eigenvalue weighted by Gasteiger charge is 2.28. The lowest BCUT2D eigenvalue weighted by molar-refractivity contribution is -0.114. The minimum atomic E-state index is -0.252. The third-order valence-electron chi connectivity index (χ3n) is 5.76. The van der Waals surface area contributed by atoms with Crippen molar-refractivity contribution in [1.82, 2.24) is 15.2 Å². The molecular formula is C23H28ClN5O2S. The molecule has 2 saturated heterocycles. The van der Waals surface area contributed by atoms with E-state index in [2.05, 4.69) is 20.5 Å². The Kier molecular flexibility index (Phi) is 7.91. The molecule has 0 spiro atoms. The maximum absolute atomic E-state index is 13.2. The molecule has 2 N–H and O–H groups in total. The second-order valence-corrected chi connectivity index (χ2v) is 9.51. The number of rotatable bonds is 7. The van der Waals surface area contributed by atoms with E-state index in [0.717, 1.165) is 45.6 Å². The summed E-state index contributed by atoms with van der Waals surface area (Å²) in [7, 11) is 0. The highest BCUT2D eigenvalue weighted by Crippen LogP contribution is 2.28. The standard InChI is InChI=1S/C23H28ClN5O2S/c24-17-5-7-18(8-6-17)27-22(31)20-16-26-23(32-20)29(19-9-11-25-12-10-19)21(30)4-3-15-28-13-1-2-14-28/h3-8,16,19,25H,1-2,9-15H2,(H,27,31)/b4-3+. The minimum Gasteiger partial charge on any atom is -0.321 e. The van der Waals surface area contributed by atoms with Gasteiger partial charge in [0.25, 0.3) is 11.8 Å². The zero-order valence-corrected chi connectivity index (χ0v) is 19.5. The van der Waals surface area contributed by atoms with Gasteiger partial charge in [-0.2, -0.15) is 0 Å². The number of carbonyl (C=O) groups is 2. The zero-order valence-electron chi connectivity index (χ0n) is 17.9. The predicted octanol–water partition coefficient (Wildman–Crippen LogP) is 3.79. The Labute approximate surface area is 197 Å². The van der Waals surface area contributed by atoms with Gasteiger partial charge in [0.05, 0.1) is 6.20 Å². The number of hydrogen-bond donors (Lipinski definition) is 2. The van der Waals surface area contributed by atoms with Gasteiger partial charge in [0.15, 0.2) is 5.13 Å². The lowest BCUT2D eigenvalue weighted by Crippen LogP contribution is -2.46. The maximum Gasteiger partial charge on any atom is 0.267 e. The van der Waals surface area contributed by atoms with Crippen LogP contribution in [0.15, 0.2) is 42.6 Å². The van der Waals surface area contributed by atoms with Crippen LogP contribution >= 0.6 is 22.9 Å². The molecule has 7 nitrogen and oxygen atoms in total. The van der Waals surface area contributed by atoms with Crippen LogP contribution in [0.25, 0.3) is 0 Å². The molecule has 0 saturated carbocycles. The first-order valence-electron chi connectivity index (χ1n) is 11.1. The molecule has 1 aromatic heterocycles. The molecule has 2 fully saturated rings. The van der Waals surface area contributed by atoms with E-state index in [9.17, 15) is 9.59 Å². The summed E-state index contributed by atoms with van der Waals surface area (Å²) in [5.41, 5.74) is 0.658. The van der Waals surface area contributed by atoms with Crippen LogP contribution in [0.2, 0.25) is 5.02 Å². The summed E-state index contributed by atoms with van der Waals surface area (Å²) >= 11 is 7.15. The van der Waals surface area contributed by atoms with E-state index in [1.54, 1.807) is 41.4 Å². The van der Waals surface area contributed by atoms with Crippen molar-refractivity contribution >= 4 is 45.6 Å². The molecule has 0 atom stereocenters. The van der Waals surface area contributed by atoms with Gasteiger partial charge in [-0.05, 0) is 76.1 Å². The summed E-state index contributed by atoms with van der Waals surface area (Å²) in [6.07, 6.45) is 9.32. The third-order valence-corrected chi connectivity index (χ3v) is 7.01. The molecule has 2 aliphatic rings. The molecule has 0 bridgehead atoms. The highest BCUT2D eigenvalue weighted by atomic mass is 35.5. The Morgan fingerprint density at radius 2 is 1.94 bits per heavy atom. The smallest absolute Gasteiger partial charge is 0.267 e. The van der Waals surface area contributed by atoms with Gasteiger partial charge in [0, 0.05) is 29.4 Å². The number of nitrogens with zero attached hydrogens (tertiary/aromatic N) is 3. The normalized spacial score (nSPS) is 17.7. The van der Waals surface area contributed by atoms with Crippen LogP contribution in [0.5, 0.6) is 0 Å². The molecule has 2 aliphatic heterocycles. The van der Waals surface area contributed by atoms with Crippen LogP contribution in [0.3, 0.4) is 0 Å². The summed E-state index contributed by atoms with van der Waals surface area (Å²) in [5.74, 6) is -0.325. The van der Waals surface area contributed by atoms with E-state index >= 15 is 0 Å². The average molecular weight is 474 g/mol. The van der Waals surface area contributed by atoms with Gasteiger partial charge in [-0.3, -0.25) is 19.4 Å². The van der Waals surface area contributed by atoms with Crippen molar-refractivity contribution < 1.29 is 9.59 Å². The van der Waals surface area contributed by atoms with Crippen LogP contribution in [0, 0.1) is 0 Å². The van der Waals surface area contributed by atoms with Crippen LogP contribution in [-0.2, 0) is 4.79 Å². The van der Waals surface area contributed by atoms with Crippen LogP contribution in [-0.4, -0.2) is 60.5 Å². The monoisotopic (exact) mass is 473 g/mol. The number of benzene rings is 1. The second kappa shape index (κ2) is 11.0. The van der Waals surface area contributed by atoms with Gasteiger partial charge in [0.2, 0.25) is 0 Å². The fraction of sp³-hybridized carbons (Fsp3) is 0.435. The van der Waals surface area contributed by atoms with Crippen LogP contribution in [0.4, 0.5) is 10.8 Å². The fourth-order valence-electron chi connectivity index (χ4n) is 4.05. The molecule has 9 heteroatoms. The number of thiazole rings is 1.